The molecule has 16 heteroatoms. The minimum absolute atomic E-state index is 0.0182. The lowest BCUT2D eigenvalue weighted by Gasteiger charge is -2.37. The van der Waals surface area contributed by atoms with Crippen molar-refractivity contribution in [3.63, 3.8) is 0 Å². The van der Waals surface area contributed by atoms with E-state index in [0.29, 0.717) is 48.4 Å². The first-order valence-corrected chi connectivity index (χ1v) is 12.9. The van der Waals surface area contributed by atoms with Crippen LogP contribution >= 0.6 is 23.8 Å². The molecule has 2 aromatic rings. The van der Waals surface area contributed by atoms with E-state index < -0.39 is 22.9 Å². The average Bonchev–Trinajstić information content (AvgIpc) is 2.92. The number of nitrogens with one attached hydrogen (secondary N) is 2. The summed E-state index contributed by atoms with van der Waals surface area (Å²) in [5.41, 5.74) is 1.09. The standard InChI is InChI=1S/C24H24ClF3N6O5S/c25-16-2-4-18(31-5-7-33(8-6-31)22(36)24(26,27)28)17(14-16)29-23(40)30-21(35)15-1-3-19(20(13-15)34(37)38)32-9-11-39-12-10-32/h1-4,13-14H,5-12H2,(H2,29,30,35,40). The number of morpholine rings is 1. The highest BCUT2D eigenvalue weighted by molar-refractivity contribution is 7.80. The molecule has 2 N–H and O–H groups in total. The molecule has 0 radical (unpaired) electrons. The Balaban J connectivity index is 1.44. The number of nitro groups is 1. The van der Waals surface area contributed by atoms with Crippen LogP contribution in [0.3, 0.4) is 0 Å². The van der Waals surface area contributed by atoms with E-state index >= 15 is 0 Å². The number of rotatable bonds is 5. The van der Waals surface area contributed by atoms with E-state index in [4.69, 9.17) is 28.6 Å². The molecule has 0 spiro atoms. The molecule has 0 bridgehead atoms. The molecular weight excluding hydrogens is 577 g/mol. The highest BCUT2D eigenvalue weighted by Gasteiger charge is 2.43. The van der Waals surface area contributed by atoms with Crippen LogP contribution in [0.4, 0.5) is 35.9 Å². The number of hydrogen-bond acceptors (Lipinski definition) is 8. The number of ether oxygens (including phenoxy) is 1. The van der Waals surface area contributed by atoms with E-state index in [0.717, 1.165) is 4.90 Å². The van der Waals surface area contributed by atoms with E-state index in [-0.39, 0.29) is 42.5 Å². The van der Waals surface area contributed by atoms with Crippen molar-refractivity contribution < 1.29 is 32.4 Å². The minimum atomic E-state index is -4.94. The van der Waals surface area contributed by atoms with Crippen LogP contribution in [-0.4, -0.2) is 85.4 Å². The number of halogens is 4. The number of nitrogens with zero attached hydrogens (tertiary/aromatic N) is 4. The maximum atomic E-state index is 12.9. The Morgan fingerprint density at radius 1 is 0.975 bits per heavy atom. The summed E-state index contributed by atoms with van der Waals surface area (Å²) >= 11 is 11.4. The van der Waals surface area contributed by atoms with Gasteiger partial charge in [-0.1, -0.05) is 11.6 Å². The van der Waals surface area contributed by atoms with Gasteiger partial charge < -0.3 is 24.8 Å². The van der Waals surface area contributed by atoms with Crippen LogP contribution in [0.1, 0.15) is 10.4 Å². The van der Waals surface area contributed by atoms with Crippen LogP contribution in [0.25, 0.3) is 0 Å². The molecule has 2 saturated heterocycles. The lowest BCUT2D eigenvalue weighted by Crippen LogP contribution is -2.52. The number of carbonyl (C=O) groups excluding carboxylic acids is 2. The van der Waals surface area contributed by atoms with Gasteiger partial charge in [-0.2, -0.15) is 13.2 Å². The summed E-state index contributed by atoms with van der Waals surface area (Å²) in [6.07, 6.45) is -4.94. The molecule has 2 aliphatic rings. The smallest absolute Gasteiger partial charge is 0.378 e. The Bertz CT molecular complexity index is 1320. The number of amides is 2. The van der Waals surface area contributed by atoms with Crippen molar-refractivity contribution in [3.05, 3.63) is 57.1 Å². The monoisotopic (exact) mass is 600 g/mol. The highest BCUT2D eigenvalue weighted by atomic mass is 35.5. The number of nitro benzene ring substituents is 1. The molecule has 0 aromatic heterocycles. The number of benzene rings is 2. The third-order valence-corrected chi connectivity index (χ3v) is 6.81. The van der Waals surface area contributed by atoms with Crippen LogP contribution in [0.15, 0.2) is 36.4 Å². The van der Waals surface area contributed by atoms with Crippen molar-refractivity contribution in [1.29, 1.82) is 0 Å². The quantitative estimate of drug-likeness (QED) is 0.302. The van der Waals surface area contributed by atoms with E-state index in [9.17, 15) is 32.9 Å². The first-order chi connectivity index (χ1) is 18.9. The van der Waals surface area contributed by atoms with Gasteiger partial charge in [0, 0.05) is 55.9 Å². The predicted octanol–water partition coefficient (Wildman–Crippen LogP) is 3.42. The van der Waals surface area contributed by atoms with Crippen LogP contribution in [0, 0.1) is 10.1 Å². The number of piperazine rings is 1. The Kier molecular flexibility index (Phi) is 8.95. The Labute approximate surface area is 236 Å². The topological polar surface area (TPSA) is 120 Å². The molecule has 4 rings (SSSR count). The molecule has 2 aliphatic heterocycles. The van der Waals surface area contributed by atoms with Gasteiger partial charge >= 0.3 is 12.1 Å². The van der Waals surface area contributed by atoms with Gasteiger partial charge in [0.15, 0.2) is 5.11 Å². The highest BCUT2D eigenvalue weighted by Crippen LogP contribution is 2.32. The molecule has 0 saturated carbocycles. The van der Waals surface area contributed by atoms with Crippen molar-refractivity contribution in [2.45, 2.75) is 6.18 Å². The lowest BCUT2D eigenvalue weighted by atomic mass is 10.1. The molecule has 0 atom stereocenters. The number of alkyl halides is 3. The van der Waals surface area contributed by atoms with Crippen molar-refractivity contribution >= 4 is 63.5 Å². The second-order valence-corrected chi connectivity index (χ2v) is 9.75. The molecule has 2 amide bonds. The summed E-state index contributed by atoms with van der Waals surface area (Å²) in [6.45, 7) is 1.80. The normalized spacial score (nSPS) is 15.9. The van der Waals surface area contributed by atoms with Gasteiger partial charge in [-0.3, -0.25) is 25.0 Å². The van der Waals surface area contributed by atoms with Gasteiger partial charge in [-0.15, -0.1) is 0 Å². The molecule has 214 valence electrons. The van der Waals surface area contributed by atoms with E-state index in [1.54, 1.807) is 17.0 Å². The Morgan fingerprint density at radius 2 is 1.60 bits per heavy atom. The minimum Gasteiger partial charge on any atom is -0.378 e. The van der Waals surface area contributed by atoms with Crippen LogP contribution in [0.2, 0.25) is 5.02 Å². The molecular formula is C24H24ClF3N6O5S. The van der Waals surface area contributed by atoms with Gasteiger partial charge in [0.2, 0.25) is 0 Å². The predicted molar refractivity (Wildman–Crippen MR) is 146 cm³/mol. The van der Waals surface area contributed by atoms with Crippen molar-refractivity contribution in [2.75, 3.05) is 67.6 Å². The van der Waals surface area contributed by atoms with Gasteiger partial charge in [0.25, 0.3) is 11.6 Å². The number of anilines is 3. The van der Waals surface area contributed by atoms with Crippen molar-refractivity contribution in [2.24, 2.45) is 0 Å². The fourth-order valence-corrected chi connectivity index (χ4v) is 4.80. The molecule has 2 heterocycles. The third-order valence-electron chi connectivity index (χ3n) is 6.37. The summed E-state index contributed by atoms with van der Waals surface area (Å²) in [5.74, 6) is -2.57. The molecule has 11 nitrogen and oxygen atoms in total. The molecule has 2 fully saturated rings. The zero-order valence-corrected chi connectivity index (χ0v) is 22.4. The SMILES string of the molecule is O=C(NC(=S)Nc1cc(Cl)ccc1N1CCN(C(=O)C(F)(F)F)CC1)c1ccc(N2CCOCC2)c([N+](=O)[O-])c1. The Morgan fingerprint density at radius 3 is 2.23 bits per heavy atom. The number of hydrogen-bond donors (Lipinski definition) is 2. The van der Waals surface area contributed by atoms with Crippen LogP contribution in [-0.2, 0) is 9.53 Å². The summed E-state index contributed by atoms with van der Waals surface area (Å²) < 4.78 is 43.6. The third kappa shape index (κ3) is 6.89. The average molecular weight is 601 g/mol. The maximum Gasteiger partial charge on any atom is 0.471 e. The zero-order valence-electron chi connectivity index (χ0n) is 20.9. The van der Waals surface area contributed by atoms with E-state index in [2.05, 4.69) is 10.6 Å². The molecule has 2 aromatic carbocycles. The summed E-state index contributed by atoms with van der Waals surface area (Å²) in [5, 5.41) is 17.3. The number of thiocarbonyl (C=S) groups is 1. The van der Waals surface area contributed by atoms with Gasteiger partial charge in [0.1, 0.15) is 5.69 Å². The van der Waals surface area contributed by atoms with Gasteiger partial charge in [-0.25, -0.2) is 0 Å². The summed E-state index contributed by atoms with van der Waals surface area (Å²) in [6, 6.07) is 8.91. The maximum absolute atomic E-state index is 12.9. The van der Waals surface area contributed by atoms with Crippen molar-refractivity contribution in [3.8, 4) is 0 Å². The zero-order chi connectivity index (χ0) is 29.0. The van der Waals surface area contributed by atoms with Crippen molar-refractivity contribution in [1.82, 2.24) is 10.2 Å². The first-order valence-electron chi connectivity index (χ1n) is 12.1. The molecule has 0 aliphatic carbocycles. The van der Waals surface area contributed by atoms with Crippen LogP contribution < -0.4 is 20.4 Å². The lowest BCUT2D eigenvalue weighted by molar-refractivity contribution is -0.384. The Hall–Kier alpha value is -3.69. The van der Waals surface area contributed by atoms with E-state index in [1.807, 2.05) is 4.90 Å². The molecule has 40 heavy (non-hydrogen) atoms. The second kappa shape index (κ2) is 12.2. The fourth-order valence-electron chi connectivity index (χ4n) is 4.43. The summed E-state index contributed by atoms with van der Waals surface area (Å²) in [4.78, 5) is 39.9. The van der Waals surface area contributed by atoms with Gasteiger partial charge in [0.05, 0.1) is 29.5 Å². The fraction of sp³-hybridized carbons (Fsp3) is 0.375. The number of carbonyl (C=O) groups is 2. The first kappa shape index (κ1) is 29.3. The van der Waals surface area contributed by atoms with Gasteiger partial charge in [-0.05, 0) is 42.5 Å². The molecule has 0 unspecified atom stereocenters. The van der Waals surface area contributed by atoms with Crippen LogP contribution in [0.5, 0.6) is 0 Å². The largest absolute Gasteiger partial charge is 0.471 e. The summed E-state index contributed by atoms with van der Waals surface area (Å²) in [7, 11) is 0. The second-order valence-electron chi connectivity index (χ2n) is 8.91. The van der Waals surface area contributed by atoms with E-state index in [1.165, 1.54) is 24.3 Å².